The van der Waals surface area contributed by atoms with Crippen LogP contribution in [-0.2, 0) is 0 Å². The zero-order valence-corrected chi connectivity index (χ0v) is 19.9. The Labute approximate surface area is 201 Å². The molecule has 1 aliphatic heterocycles. The second kappa shape index (κ2) is 10.2. The van der Waals surface area contributed by atoms with Crippen molar-refractivity contribution >= 4 is 11.8 Å². The van der Waals surface area contributed by atoms with Crippen LogP contribution in [0.4, 0.5) is 0 Å². The van der Waals surface area contributed by atoms with E-state index in [-0.39, 0.29) is 40.9 Å². The summed E-state index contributed by atoms with van der Waals surface area (Å²) in [5, 5.41) is 3.10. The Balaban J connectivity index is 1.39. The van der Waals surface area contributed by atoms with Gasteiger partial charge in [0.1, 0.15) is 11.1 Å². The number of benzene rings is 1. The maximum absolute atomic E-state index is 13.6. The molecule has 6 heteroatoms. The number of hydrogen-bond acceptors (Lipinski definition) is 3. The third-order valence-corrected chi connectivity index (χ3v) is 7.66. The first kappa shape index (κ1) is 22.9. The SMILES string of the molecule is O=C(NC1CCCCCC1)c1cn(C2CC2)cc(C(=O)N2CCC[C@H](c3ccccc3)C2)c1=O. The zero-order valence-electron chi connectivity index (χ0n) is 19.9. The van der Waals surface area contributed by atoms with Crippen LogP contribution in [0.5, 0.6) is 0 Å². The number of likely N-dealkylation sites (tertiary alicyclic amines) is 1. The van der Waals surface area contributed by atoms with Gasteiger partial charge in [-0.1, -0.05) is 56.0 Å². The molecule has 1 N–H and O–H groups in total. The van der Waals surface area contributed by atoms with Gasteiger partial charge in [0.2, 0.25) is 5.43 Å². The molecule has 2 aromatic rings. The largest absolute Gasteiger partial charge is 0.349 e. The minimum atomic E-state index is -0.435. The first-order chi connectivity index (χ1) is 16.6. The van der Waals surface area contributed by atoms with Crippen LogP contribution in [0.3, 0.4) is 0 Å². The van der Waals surface area contributed by atoms with E-state index in [9.17, 15) is 14.4 Å². The van der Waals surface area contributed by atoms with Crippen LogP contribution in [0, 0.1) is 0 Å². The summed E-state index contributed by atoms with van der Waals surface area (Å²) >= 11 is 0. The van der Waals surface area contributed by atoms with E-state index in [2.05, 4.69) is 17.4 Å². The normalized spacial score (nSPS) is 21.6. The first-order valence-corrected chi connectivity index (χ1v) is 13.0. The van der Waals surface area contributed by atoms with Gasteiger partial charge in [0, 0.05) is 43.5 Å². The van der Waals surface area contributed by atoms with Crippen molar-refractivity contribution in [3.8, 4) is 0 Å². The lowest BCUT2D eigenvalue weighted by molar-refractivity contribution is 0.0705. The number of nitrogens with one attached hydrogen (secondary N) is 1. The van der Waals surface area contributed by atoms with E-state index in [1.54, 1.807) is 12.4 Å². The summed E-state index contributed by atoms with van der Waals surface area (Å²) in [6.45, 7) is 1.24. The maximum atomic E-state index is 13.6. The minimum Gasteiger partial charge on any atom is -0.349 e. The summed E-state index contributed by atoms with van der Waals surface area (Å²) in [5.74, 6) is -0.308. The Morgan fingerprint density at radius 3 is 2.24 bits per heavy atom. The molecule has 180 valence electrons. The molecule has 2 aliphatic carbocycles. The Bertz CT molecular complexity index is 1080. The third kappa shape index (κ3) is 5.11. The van der Waals surface area contributed by atoms with Crippen LogP contribution in [0.15, 0.2) is 47.5 Å². The number of pyridine rings is 1. The van der Waals surface area contributed by atoms with Gasteiger partial charge in [-0.15, -0.1) is 0 Å². The predicted molar refractivity (Wildman–Crippen MR) is 132 cm³/mol. The number of carbonyl (C=O) groups excluding carboxylic acids is 2. The molecule has 2 heterocycles. The number of nitrogens with zero attached hydrogens (tertiary/aromatic N) is 2. The summed E-state index contributed by atoms with van der Waals surface area (Å²) in [4.78, 5) is 42.0. The molecule has 2 amide bonds. The van der Waals surface area contributed by atoms with E-state index in [4.69, 9.17) is 0 Å². The summed E-state index contributed by atoms with van der Waals surface area (Å²) in [7, 11) is 0. The molecule has 1 aromatic carbocycles. The van der Waals surface area contributed by atoms with Gasteiger partial charge in [0.05, 0.1) is 0 Å². The van der Waals surface area contributed by atoms with Gasteiger partial charge < -0.3 is 14.8 Å². The number of carbonyl (C=O) groups is 2. The average molecular weight is 462 g/mol. The summed E-state index contributed by atoms with van der Waals surface area (Å²) in [6, 6.07) is 10.7. The van der Waals surface area contributed by atoms with Gasteiger partial charge in [-0.2, -0.15) is 0 Å². The van der Waals surface area contributed by atoms with Crippen molar-refractivity contribution in [2.45, 2.75) is 82.2 Å². The van der Waals surface area contributed by atoms with Crippen molar-refractivity contribution in [3.63, 3.8) is 0 Å². The van der Waals surface area contributed by atoms with Crippen molar-refractivity contribution in [2.75, 3.05) is 13.1 Å². The number of amides is 2. The van der Waals surface area contributed by atoms with E-state index in [1.807, 2.05) is 27.7 Å². The van der Waals surface area contributed by atoms with Gasteiger partial charge >= 0.3 is 0 Å². The second-order valence-electron chi connectivity index (χ2n) is 10.3. The Morgan fingerprint density at radius 1 is 0.824 bits per heavy atom. The molecule has 0 unspecified atom stereocenters. The zero-order chi connectivity index (χ0) is 23.5. The van der Waals surface area contributed by atoms with Gasteiger partial charge in [0.15, 0.2) is 0 Å². The third-order valence-electron chi connectivity index (χ3n) is 7.66. The maximum Gasteiger partial charge on any atom is 0.259 e. The van der Waals surface area contributed by atoms with Crippen molar-refractivity contribution in [1.29, 1.82) is 0 Å². The molecule has 2 saturated carbocycles. The van der Waals surface area contributed by atoms with Crippen LogP contribution in [0.1, 0.15) is 102 Å². The van der Waals surface area contributed by atoms with E-state index in [1.165, 1.54) is 18.4 Å². The number of rotatable bonds is 5. The molecule has 0 radical (unpaired) electrons. The van der Waals surface area contributed by atoms with E-state index >= 15 is 0 Å². The fourth-order valence-corrected chi connectivity index (χ4v) is 5.51. The molecule has 1 aromatic heterocycles. The van der Waals surface area contributed by atoms with Gasteiger partial charge in [-0.25, -0.2) is 0 Å². The quantitative estimate of drug-likeness (QED) is 0.659. The summed E-state index contributed by atoms with van der Waals surface area (Å²) < 4.78 is 1.93. The van der Waals surface area contributed by atoms with Gasteiger partial charge in [-0.05, 0) is 44.1 Å². The highest BCUT2D eigenvalue weighted by Gasteiger charge is 2.31. The highest BCUT2D eigenvalue weighted by atomic mass is 16.2. The average Bonchev–Trinajstić information content (AvgIpc) is 3.73. The molecule has 3 fully saturated rings. The number of hydrogen-bond donors (Lipinski definition) is 1. The molecule has 34 heavy (non-hydrogen) atoms. The molecule has 0 spiro atoms. The Morgan fingerprint density at radius 2 is 1.53 bits per heavy atom. The summed E-state index contributed by atoms with van der Waals surface area (Å²) in [5.41, 5.74) is 1.04. The van der Waals surface area contributed by atoms with Crippen LogP contribution >= 0.6 is 0 Å². The predicted octanol–water partition coefficient (Wildman–Crippen LogP) is 4.66. The van der Waals surface area contributed by atoms with Crippen molar-refractivity contribution in [3.05, 3.63) is 69.6 Å². The summed E-state index contributed by atoms with van der Waals surface area (Å²) in [6.07, 6.45) is 13.8. The molecule has 1 atom stereocenters. The lowest BCUT2D eigenvalue weighted by atomic mass is 9.90. The molecular weight excluding hydrogens is 426 g/mol. The smallest absolute Gasteiger partial charge is 0.259 e. The molecular formula is C28H35N3O3. The number of aromatic nitrogens is 1. The van der Waals surface area contributed by atoms with E-state index in [0.717, 1.165) is 51.4 Å². The Hall–Kier alpha value is -2.89. The molecule has 0 bridgehead atoms. The van der Waals surface area contributed by atoms with Crippen LogP contribution < -0.4 is 10.7 Å². The monoisotopic (exact) mass is 461 g/mol. The van der Waals surface area contributed by atoms with Gasteiger partial charge in [0.25, 0.3) is 11.8 Å². The molecule has 5 rings (SSSR count). The fourth-order valence-electron chi connectivity index (χ4n) is 5.51. The van der Waals surface area contributed by atoms with Crippen molar-refractivity contribution in [1.82, 2.24) is 14.8 Å². The lowest BCUT2D eigenvalue weighted by Gasteiger charge is -2.33. The van der Waals surface area contributed by atoms with E-state index < -0.39 is 5.43 Å². The van der Waals surface area contributed by atoms with E-state index in [0.29, 0.717) is 13.1 Å². The van der Waals surface area contributed by atoms with Crippen LogP contribution in [-0.4, -0.2) is 40.4 Å². The van der Waals surface area contributed by atoms with Gasteiger partial charge in [-0.3, -0.25) is 14.4 Å². The number of piperidine rings is 1. The minimum absolute atomic E-state index is 0.108. The van der Waals surface area contributed by atoms with Crippen molar-refractivity contribution < 1.29 is 9.59 Å². The van der Waals surface area contributed by atoms with Crippen LogP contribution in [0.25, 0.3) is 0 Å². The Kier molecular flexibility index (Phi) is 6.84. The van der Waals surface area contributed by atoms with Crippen molar-refractivity contribution in [2.24, 2.45) is 0 Å². The molecule has 3 aliphatic rings. The second-order valence-corrected chi connectivity index (χ2v) is 10.3. The molecule has 1 saturated heterocycles. The first-order valence-electron chi connectivity index (χ1n) is 13.0. The molecule has 6 nitrogen and oxygen atoms in total. The lowest BCUT2D eigenvalue weighted by Crippen LogP contribution is -2.43. The topological polar surface area (TPSA) is 71.4 Å². The standard InChI is InChI=1S/C28H35N3O3/c32-26-24(27(33)29-22-12-6-1-2-7-13-22)18-31(23-14-15-23)19-25(26)28(34)30-16-8-11-21(17-30)20-9-4-3-5-10-20/h3-5,9-10,18-19,21-23H,1-2,6-8,11-17H2,(H,29,33)/t21-/m0/s1. The highest BCUT2D eigenvalue weighted by Crippen LogP contribution is 2.35. The highest BCUT2D eigenvalue weighted by molar-refractivity contribution is 5.99. The fraction of sp³-hybridized carbons (Fsp3) is 0.536. The van der Waals surface area contributed by atoms with Crippen LogP contribution in [0.2, 0.25) is 0 Å².